The van der Waals surface area contributed by atoms with E-state index in [1.807, 2.05) is 45.9 Å². The van der Waals surface area contributed by atoms with Gasteiger partial charge in [0.25, 0.3) is 0 Å². The number of aliphatic imine (C=N–C) groups is 1. The summed E-state index contributed by atoms with van der Waals surface area (Å²) < 4.78 is 5.39. The van der Waals surface area contributed by atoms with Crippen LogP contribution in [0, 0.1) is 0 Å². The van der Waals surface area contributed by atoms with Gasteiger partial charge in [0.2, 0.25) is 0 Å². The molecule has 7 nitrogen and oxygen atoms in total. The average molecular weight is 364 g/mol. The summed E-state index contributed by atoms with van der Waals surface area (Å²) in [5.74, 6) is 0.744. The Morgan fingerprint density at radius 3 is 2.58 bits per heavy atom. The van der Waals surface area contributed by atoms with E-state index >= 15 is 0 Å². The van der Waals surface area contributed by atoms with Crippen molar-refractivity contribution in [3.63, 3.8) is 0 Å². The lowest BCUT2D eigenvalue weighted by molar-refractivity contribution is 0.0230. The van der Waals surface area contributed by atoms with Crippen LogP contribution in [0.5, 0.6) is 0 Å². The van der Waals surface area contributed by atoms with E-state index in [-0.39, 0.29) is 12.1 Å². The van der Waals surface area contributed by atoms with Crippen molar-refractivity contribution in [2.45, 2.75) is 52.2 Å². The number of guanidine groups is 1. The topological polar surface area (TPSA) is 78.9 Å². The number of pyridine rings is 1. The molecule has 0 saturated carbocycles. The zero-order valence-corrected chi connectivity index (χ0v) is 16.9. The summed E-state index contributed by atoms with van der Waals surface area (Å²) in [6, 6.07) is 5.96. The average Bonchev–Trinajstić information content (AvgIpc) is 2.59. The Kier molecular flexibility index (Phi) is 8.88. The molecule has 0 saturated heterocycles. The molecule has 0 aromatic carbocycles. The molecule has 0 radical (unpaired) electrons. The minimum Gasteiger partial charge on any atom is -0.444 e. The summed E-state index contributed by atoms with van der Waals surface area (Å²) in [5.41, 5.74) is 0.561. The first kappa shape index (κ1) is 21.7. The molecular formula is C19H33N5O2. The van der Waals surface area contributed by atoms with Crippen molar-refractivity contribution >= 4 is 12.1 Å². The van der Waals surface area contributed by atoms with E-state index in [1.165, 1.54) is 0 Å². The van der Waals surface area contributed by atoms with Crippen LogP contribution in [0.3, 0.4) is 0 Å². The zero-order valence-electron chi connectivity index (χ0n) is 16.9. The van der Waals surface area contributed by atoms with Gasteiger partial charge in [-0.25, -0.2) is 4.79 Å². The van der Waals surface area contributed by atoms with Gasteiger partial charge in [-0.2, -0.15) is 0 Å². The molecule has 26 heavy (non-hydrogen) atoms. The van der Waals surface area contributed by atoms with Crippen molar-refractivity contribution in [3.8, 4) is 0 Å². The second-order valence-electron chi connectivity index (χ2n) is 7.23. The minimum atomic E-state index is -0.483. The summed E-state index contributed by atoms with van der Waals surface area (Å²) in [7, 11) is 3.50. The number of amides is 1. The summed E-state index contributed by atoms with van der Waals surface area (Å²) in [5, 5.41) is 6.54. The van der Waals surface area contributed by atoms with Crippen LogP contribution in [0.4, 0.5) is 4.79 Å². The molecule has 0 fully saturated rings. The number of nitrogens with zero attached hydrogens (tertiary/aromatic N) is 3. The van der Waals surface area contributed by atoms with E-state index in [0.717, 1.165) is 31.0 Å². The zero-order chi connectivity index (χ0) is 19.6. The Morgan fingerprint density at radius 2 is 2.00 bits per heavy atom. The standard InChI is InChI=1S/C19H33N5O2/c1-15(24(6)18(25)26-19(2,3)4)10-13-22-17(20-5)23-14-11-16-9-7-8-12-21-16/h7-9,12,15H,10-11,13-14H2,1-6H3,(H2,20,22,23). The quantitative estimate of drug-likeness (QED) is 0.575. The number of aromatic nitrogens is 1. The summed E-state index contributed by atoms with van der Waals surface area (Å²) >= 11 is 0. The fourth-order valence-corrected chi connectivity index (χ4v) is 2.18. The van der Waals surface area contributed by atoms with Gasteiger partial charge in [-0.15, -0.1) is 0 Å². The third-order valence-corrected chi connectivity index (χ3v) is 3.82. The van der Waals surface area contributed by atoms with Crippen molar-refractivity contribution < 1.29 is 9.53 Å². The molecule has 1 aromatic heterocycles. The lowest BCUT2D eigenvalue weighted by atomic mass is 10.2. The van der Waals surface area contributed by atoms with Crippen LogP contribution in [0.15, 0.2) is 29.4 Å². The summed E-state index contributed by atoms with van der Waals surface area (Å²) in [4.78, 5) is 22.2. The van der Waals surface area contributed by atoms with Gasteiger partial charge in [0.1, 0.15) is 5.60 Å². The van der Waals surface area contributed by atoms with Crippen molar-refractivity contribution in [1.82, 2.24) is 20.5 Å². The fourth-order valence-electron chi connectivity index (χ4n) is 2.18. The predicted octanol–water partition coefficient (Wildman–Crippen LogP) is 2.43. The Balaban J connectivity index is 2.29. The molecule has 2 N–H and O–H groups in total. The SMILES string of the molecule is CN=C(NCCc1ccccn1)NCCC(C)N(C)C(=O)OC(C)(C)C. The van der Waals surface area contributed by atoms with Crippen LogP contribution in [0.2, 0.25) is 0 Å². The van der Waals surface area contributed by atoms with E-state index < -0.39 is 5.60 Å². The van der Waals surface area contributed by atoms with Crippen LogP contribution < -0.4 is 10.6 Å². The van der Waals surface area contributed by atoms with Crippen molar-refractivity contribution in [2.75, 3.05) is 27.2 Å². The third-order valence-electron chi connectivity index (χ3n) is 3.82. The Hall–Kier alpha value is -2.31. The maximum Gasteiger partial charge on any atom is 0.410 e. The molecule has 0 spiro atoms. The van der Waals surface area contributed by atoms with Crippen LogP contribution in [-0.2, 0) is 11.2 Å². The number of rotatable bonds is 7. The van der Waals surface area contributed by atoms with Gasteiger partial charge >= 0.3 is 6.09 Å². The lowest BCUT2D eigenvalue weighted by Gasteiger charge is -2.28. The van der Waals surface area contributed by atoms with Gasteiger partial charge in [-0.05, 0) is 46.2 Å². The van der Waals surface area contributed by atoms with Gasteiger partial charge in [0.05, 0.1) is 0 Å². The summed E-state index contributed by atoms with van der Waals surface area (Å²) in [6.45, 7) is 9.06. The third kappa shape index (κ3) is 8.69. The second kappa shape index (κ2) is 10.6. The van der Waals surface area contributed by atoms with Crippen LogP contribution in [0.1, 0.15) is 39.8 Å². The van der Waals surface area contributed by atoms with Crippen LogP contribution >= 0.6 is 0 Å². The maximum atomic E-state index is 12.1. The second-order valence-corrected chi connectivity index (χ2v) is 7.23. The number of ether oxygens (including phenoxy) is 1. The van der Waals surface area contributed by atoms with E-state index in [0.29, 0.717) is 6.54 Å². The van der Waals surface area contributed by atoms with Crippen molar-refractivity contribution in [3.05, 3.63) is 30.1 Å². The number of hydrogen-bond donors (Lipinski definition) is 2. The summed E-state index contributed by atoms with van der Waals surface area (Å²) in [6.07, 6.45) is 3.11. The highest BCUT2D eigenvalue weighted by molar-refractivity contribution is 5.79. The van der Waals surface area contributed by atoms with Crippen LogP contribution in [0.25, 0.3) is 0 Å². The largest absolute Gasteiger partial charge is 0.444 e. The van der Waals surface area contributed by atoms with Crippen LogP contribution in [-0.4, -0.2) is 60.8 Å². The molecule has 7 heteroatoms. The maximum absolute atomic E-state index is 12.1. The first-order valence-electron chi connectivity index (χ1n) is 9.03. The molecule has 0 aliphatic heterocycles. The highest BCUT2D eigenvalue weighted by Crippen LogP contribution is 2.11. The molecule has 1 amide bonds. The number of carbonyl (C=O) groups is 1. The van der Waals surface area contributed by atoms with E-state index in [9.17, 15) is 4.79 Å². The Morgan fingerprint density at radius 1 is 1.31 bits per heavy atom. The normalized spacial score (nSPS) is 13.1. The van der Waals surface area contributed by atoms with Gasteiger partial charge in [-0.3, -0.25) is 9.98 Å². The molecule has 1 unspecified atom stereocenters. The Labute approximate surface area is 157 Å². The lowest BCUT2D eigenvalue weighted by Crippen LogP contribution is -2.43. The Bertz CT molecular complexity index is 569. The number of carbonyl (C=O) groups excluding carboxylic acids is 1. The van der Waals surface area contributed by atoms with Crippen molar-refractivity contribution in [1.29, 1.82) is 0 Å². The monoisotopic (exact) mass is 363 g/mol. The van der Waals surface area contributed by atoms with E-state index in [1.54, 1.807) is 25.2 Å². The minimum absolute atomic E-state index is 0.0592. The first-order chi connectivity index (χ1) is 12.2. The van der Waals surface area contributed by atoms with Gasteiger partial charge in [0.15, 0.2) is 5.96 Å². The number of hydrogen-bond acceptors (Lipinski definition) is 4. The highest BCUT2D eigenvalue weighted by Gasteiger charge is 2.22. The molecule has 1 atom stereocenters. The predicted molar refractivity (Wildman–Crippen MR) is 105 cm³/mol. The molecule has 146 valence electrons. The molecular weight excluding hydrogens is 330 g/mol. The highest BCUT2D eigenvalue weighted by atomic mass is 16.6. The van der Waals surface area contributed by atoms with Gasteiger partial charge in [-0.1, -0.05) is 6.07 Å². The molecule has 1 aromatic rings. The smallest absolute Gasteiger partial charge is 0.410 e. The van der Waals surface area contributed by atoms with E-state index in [2.05, 4.69) is 20.6 Å². The van der Waals surface area contributed by atoms with E-state index in [4.69, 9.17) is 4.74 Å². The fraction of sp³-hybridized carbons (Fsp3) is 0.632. The molecule has 0 bridgehead atoms. The number of nitrogens with one attached hydrogen (secondary N) is 2. The first-order valence-corrected chi connectivity index (χ1v) is 9.03. The molecule has 0 aliphatic carbocycles. The van der Waals surface area contributed by atoms with Crippen molar-refractivity contribution in [2.24, 2.45) is 4.99 Å². The molecule has 0 aliphatic rings. The van der Waals surface area contributed by atoms with Gasteiger partial charge < -0.3 is 20.3 Å². The molecule has 1 heterocycles. The van der Waals surface area contributed by atoms with Gasteiger partial charge in [0, 0.05) is 51.5 Å². The molecule has 1 rings (SSSR count).